The van der Waals surface area contributed by atoms with Crippen molar-refractivity contribution >= 4 is 11.3 Å². The summed E-state index contributed by atoms with van der Waals surface area (Å²) in [5.74, 6) is 0. The predicted octanol–water partition coefficient (Wildman–Crippen LogP) is 1.49. The summed E-state index contributed by atoms with van der Waals surface area (Å²) >= 11 is -1.36. The van der Waals surface area contributed by atoms with E-state index in [1.165, 1.54) is 0 Å². The molecular formula is C10H21NO3S. The third-order valence-electron chi connectivity index (χ3n) is 2.32. The Morgan fingerprint density at radius 2 is 2.20 bits per heavy atom. The van der Waals surface area contributed by atoms with Gasteiger partial charge in [0, 0.05) is 25.1 Å². The number of hydrogen-bond acceptors (Lipinski definition) is 3. The monoisotopic (exact) mass is 235 g/mol. The topological polar surface area (TPSA) is 38.8 Å². The molecule has 1 heterocycles. The van der Waals surface area contributed by atoms with Gasteiger partial charge in [-0.05, 0) is 20.8 Å². The van der Waals surface area contributed by atoms with Crippen LogP contribution in [0, 0.1) is 0 Å². The zero-order valence-corrected chi connectivity index (χ0v) is 10.8. The van der Waals surface area contributed by atoms with Crippen LogP contribution in [-0.2, 0) is 20.2 Å². The van der Waals surface area contributed by atoms with Crippen LogP contribution in [0.1, 0.15) is 34.1 Å². The molecule has 2 atom stereocenters. The van der Waals surface area contributed by atoms with E-state index >= 15 is 0 Å². The van der Waals surface area contributed by atoms with Crippen molar-refractivity contribution in [1.82, 2.24) is 4.31 Å². The number of rotatable bonds is 4. The molecule has 1 aliphatic heterocycles. The molecule has 15 heavy (non-hydrogen) atoms. The summed E-state index contributed by atoms with van der Waals surface area (Å²) in [4.78, 5) is 0. The lowest BCUT2D eigenvalue weighted by Gasteiger charge is -2.32. The summed E-state index contributed by atoms with van der Waals surface area (Å²) in [6.45, 7) is 10.1. The standard InChI is InChI=1S/C10H21NO3S/c1-5-11(10(2,3)4)15(12)14-9-6-7-13-8-9/h9H,5-8H2,1-4H3. The summed E-state index contributed by atoms with van der Waals surface area (Å²) in [6.07, 6.45) is 0.829. The molecule has 0 saturated carbocycles. The van der Waals surface area contributed by atoms with Crippen molar-refractivity contribution in [3.63, 3.8) is 0 Å². The average molecular weight is 235 g/mol. The second kappa shape index (κ2) is 5.39. The highest BCUT2D eigenvalue weighted by Crippen LogP contribution is 2.19. The first kappa shape index (κ1) is 13.1. The van der Waals surface area contributed by atoms with E-state index < -0.39 is 11.3 Å². The summed E-state index contributed by atoms with van der Waals surface area (Å²) in [5.41, 5.74) is -0.140. The fourth-order valence-corrected chi connectivity index (χ4v) is 2.71. The molecule has 0 radical (unpaired) electrons. The zero-order valence-electron chi connectivity index (χ0n) is 9.99. The molecular weight excluding hydrogens is 214 g/mol. The number of hydrogen-bond donors (Lipinski definition) is 0. The molecule has 0 aromatic carbocycles. The number of nitrogens with zero attached hydrogens (tertiary/aromatic N) is 1. The van der Waals surface area contributed by atoms with Gasteiger partial charge in [-0.2, -0.15) is 4.31 Å². The molecule has 0 aliphatic carbocycles. The maximum Gasteiger partial charge on any atom is 0.238 e. The van der Waals surface area contributed by atoms with Crippen molar-refractivity contribution in [3.05, 3.63) is 0 Å². The fraction of sp³-hybridized carbons (Fsp3) is 1.00. The fourth-order valence-electron chi connectivity index (χ4n) is 1.56. The molecule has 2 unspecified atom stereocenters. The second-order valence-corrected chi connectivity index (χ2v) is 5.73. The van der Waals surface area contributed by atoms with E-state index in [-0.39, 0.29) is 11.6 Å². The van der Waals surface area contributed by atoms with Gasteiger partial charge in [0.15, 0.2) is 0 Å². The maximum absolute atomic E-state index is 11.9. The van der Waals surface area contributed by atoms with Crippen molar-refractivity contribution in [2.75, 3.05) is 19.8 Å². The normalized spacial score (nSPS) is 24.7. The average Bonchev–Trinajstić information content (AvgIpc) is 2.54. The Balaban J connectivity index is 2.49. The van der Waals surface area contributed by atoms with Crippen LogP contribution < -0.4 is 0 Å². The minimum Gasteiger partial charge on any atom is -0.379 e. The molecule has 0 spiro atoms. The minimum atomic E-state index is -1.36. The van der Waals surface area contributed by atoms with Crippen LogP contribution in [0.25, 0.3) is 0 Å². The van der Waals surface area contributed by atoms with Crippen molar-refractivity contribution < 1.29 is 13.1 Å². The quantitative estimate of drug-likeness (QED) is 0.741. The molecule has 1 fully saturated rings. The zero-order chi connectivity index (χ0) is 11.5. The highest BCUT2D eigenvalue weighted by Gasteiger charge is 2.29. The van der Waals surface area contributed by atoms with E-state index in [2.05, 4.69) is 0 Å². The van der Waals surface area contributed by atoms with Crippen molar-refractivity contribution in [2.24, 2.45) is 0 Å². The Bertz CT molecular complexity index is 221. The maximum atomic E-state index is 11.9. The van der Waals surface area contributed by atoms with Crippen LogP contribution in [0.3, 0.4) is 0 Å². The molecule has 0 aromatic rings. The van der Waals surface area contributed by atoms with Gasteiger partial charge < -0.3 is 4.74 Å². The second-order valence-electron chi connectivity index (χ2n) is 4.66. The highest BCUT2D eigenvalue weighted by molar-refractivity contribution is 7.77. The Morgan fingerprint density at radius 3 is 2.60 bits per heavy atom. The lowest BCUT2D eigenvalue weighted by Crippen LogP contribution is -2.43. The molecule has 0 amide bonds. The van der Waals surface area contributed by atoms with Gasteiger partial charge in [0.1, 0.15) is 6.10 Å². The molecule has 0 N–H and O–H groups in total. The van der Waals surface area contributed by atoms with Gasteiger partial charge in [0.05, 0.1) is 6.61 Å². The van der Waals surface area contributed by atoms with E-state index in [9.17, 15) is 4.21 Å². The van der Waals surface area contributed by atoms with Gasteiger partial charge in [-0.15, -0.1) is 0 Å². The van der Waals surface area contributed by atoms with E-state index in [4.69, 9.17) is 8.92 Å². The van der Waals surface area contributed by atoms with Crippen LogP contribution >= 0.6 is 0 Å². The van der Waals surface area contributed by atoms with Crippen LogP contribution in [0.5, 0.6) is 0 Å². The van der Waals surface area contributed by atoms with Crippen molar-refractivity contribution in [2.45, 2.75) is 45.8 Å². The van der Waals surface area contributed by atoms with E-state index in [0.717, 1.165) is 6.42 Å². The molecule has 90 valence electrons. The SMILES string of the molecule is CCN(S(=O)OC1CCOC1)C(C)(C)C. The highest BCUT2D eigenvalue weighted by atomic mass is 32.2. The van der Waals surface area contributed by atoms with E-state index in [1.807, 2.05) is 32.0 Å². The summed E-state index contributed by atoms with van der Waals surface area (Å²) in [7, 11) is 0. The first-order chi connectivity index (χ1) is 6.95. The first-order valence-electron chi connectivity index (χ1n) is 5.39. The van der Waals surface area contributed by atoms with Gasteiger partial charge in [0.25, 0.3) is 0 Å². The molecule has 1 rings (SSSR count). The number of ether oxygens (including phenoxy) is 1. The smallest absolute Gasteiger partial charge is 0.238 e. The van der Waals surface area contributed by atoms with Crippen LogP contribution in [0.15, 0.2) is 0 Å². The third-order valence-corrected chi connectivity index (χ3v) is 3.92. The van der Waals surface area contributed by atoms with Gasteiger partial charge >= 0.3 is 0 Å². The molecule has 0 aromatic heterocycles. The Hall–Kier alpha value is 0.0300. The Labute approximate surface area is 94.7 Å². The predicted molar refractivity (Wildman–Crippen MR) is 60.6 cm³/mol. The van der Waals surface area contributed by atoms with E-state index in [1.54, 1.807) is 0 Å². The summed E-state index contributed by atoms with van der Waals surface area (Å²) in [5, 5.41) is 0. The largest absolute Gasteiger partial charge is 0.379 e. The third kappa shape index (κ3) is 3.83. The Kier molecular flexibility index (Phi) is 4.70. The molecule has 0 bridgehead atoms. The van der Waals surface area contributed by atoms with Gasteiger partial charge in [0.2, 0.25) is 11.3 Å². The van der Waals surface area contributed by atoms with Crippen LogP contribution in [0.2, 0.25) is 0 Å². The molecule has 4 nitrogen and oxygen atoms in total. The summed E-state index contributed by atoms with van der Waals surface area (Å²) in [6, 6.07) is 0. The van der Waals surface area contributed by atoms with Crippen LogP contribution in [0.4, 0.5) is 0 Å². The van der Waals surface area contributed by atoms with Gasteiger partial charge in [-0.25, -0.2) is 4.21 Å². The first-order valence-corrected chi connectivity index (χ1v) is 6.42. The summed E-state index contributed by atoms with van der Waals surface area (Å²) < 4.78 is 24.4. The van der Waals surface area contributed by atoms with E-state index in [0.29, 0.717) is 19.8 Å². The lowest BCUT2D eigenvalue weighted by atomic mass is 10.1. The minimum absolute atomic E-state index is 0.0118. The lowest BCUT2D eigenvalue weighted by molar-refractivity contribution is 0.137. The molecule has 5 heteroatoms. The van der Waals surface area contributed by atoms with Crippen molar-refractivity contribution in [3.8, 4) is 0 Å². The van der Waals surface area contributed by atoms with Gasteiger partial charge in [-0.1, -0.05) is 6.92 Å². The van der Waals surface area contributed by atoms with Crippen molar-refractivity contribution in [1.29, 1.82) is 0 Å². The molecule has 1 aliphatic rings. The van der Waals surface area contributed by atoms with Crippen LogP contribution in [-0.4, -0.2) is 39.9 Å². The Morgan fingerprint density at radius 1 is 1.53 bits per heavy atom. The van der Waals surface area contributed by atoms with Gasteiger partial charge in [-0.3, -0.25) is 4.18 Å². The molecule has 1 saturated heterocycles.